The van der Waals surface area contributed by atoms with Gasteiger partial charge in [0.1, 0.15) is 17.5 Å². The Morgan fingerprint density at radius 2 is 2.12 bits per heavy atom. The van der Waals surface area contributed by atoms with Gasteiger partial charge in [0.25, 0.3) is 0 Å². The number of hydrogen-bond donors (Lipinski definition) is 1. The van der Waals surface area contributed by atoms with E-state index < -0.39 is 0 Å². The molecule has 4 heterocycles. The van der Waals surface area contributed by atoms with Gasteiger partial charge in [-0.25, -0.2) is 24.7 Å². The van der Waals surface area contributed by atoms with E-state index >= 15 is 0 Å². The zero-order valence-electron chi connectivity index (χ0n) is 13.2. The van der Waals surface area contributed by atoms with Crippen molar-refractivity contribution in [2.45, 2.75) is 32.7 Å². The molecule has 4 aromatic rings. The number of aryl methyl sites for hydroxylation is 1. The Balaban J connectivity index is 1.93. The highest BCUT2D eigenvalue weighted by Gasteiger charge is 2.17. The van der Waals surface area contributed by atoms with E-state index in [1.54, 1.807) is 23.2 Å². The fraction of sp³-hybridized carbons (Fsp3) is 0.333. The maximum Gasteiger partial charge on any atom is 0.352 e. The SMILES string of the molecule is CCCCCn1c(=O)n2nc(-c3ccncn3)nc2c2[nH]cnc21. The summed E-state index contributed by atoms with van der Waals surface area (Å²) in [5.74, 6) is 0.386. The molecular weight excluding hydrogens is 308 g/mol. The van der Waals surface area contributed by atoms with Crippen LogP contribution in [0, 0.1) is 0 Å². The maximum atomic E-state index is 12.8. The van der Waals surface area contributed by atoms with Gasteiger partial charge in [-0.05, 0) is 12.5 Å². The van der Waals surface area contributed by atoms with Crippen molar-refractivity contribution in [2.24, 2.45) is 0 Å². The summed E-state index contributed by atoms with van der Waals surface area (Å²) >= 11 is 0. The molecule has 9 nitrogen and oxygen atoms in total. The minimum atomic E-state index is -0.242. The summed E-state index contributed by atoms with van der Waals surface area (Å²) in [5.41, 5.74) is 2.07. The summed E-state index contributed by atoms with van der Waals surface area (Å²) in [6.07, 6.45) is 7.66. The monoisotopic (exact) mass is 324 g/mol. The molecule has 0 aromatic carbocycles. The second kappa shape index (κ2) is 5.84. The lowest BCUT2D eigenvalue weighted by atomic mass is 10.2. The molecule has 0 fully saturated rings. The number of unbranched alkanes of at least 4 members (excludes halogenated alkanes) is 2. The van der Waals surface area contributed by atoms with Crippen molar-refractivity contribution >= 4 is 16.8 Å². The smallest absolute Gasteiger partial charge is 0.340 e. The largest absolute Gasteiger partial charge is 0.352 e. The third-order valence-electron chi connectivity index (χ3n) is 3.91. The maximum absolute atomic E-state index is 12.8. The molecule has 0 unspecified atom stereocenters. The summed E-state index contributed by atoms with van der Waals surface area (Å²) in [5, 5.41) is 4.34. The van der Waals surface area contributed by atoms with Crippen LogP contribution in [0.4, 0.5) is 0 Å². The number of aromatic nitrogens is 8. The Labute approximate surface area is 136 Å². The van der Waals surface area contributed by atoms with Crippen LogP contribution in [-0.4, -0.2) is 39.1 Å². The Morgan fingerprint density at radius 1 is 1.21 bits per heavy atom. The van der Waals surface area contributed by atoms with E-state index in [-0.39, 0.29) is 5.69 Å². The van der Waals surface area contributed by atoms with Gasteiger partial charge in [0, 0.05) is 12.7 Å². The second-order valence-corrected chi connectivity index (χ2v) is 5.51. The zero-order valence-corrected chi connectivity index (χ0v) is 13.2. The molecule has 24 heavy (non-hydrogen) atoms. The van der Waals surface area contributed by atoms with Crippen molar-refractivity contribution in [3.8, 4) is 11.5 Å². The third kappa shape index (κ3) is 2.25. The molecule has 0 aliphatic carbocycles. The number of fused-ring (bicyclic) bond motifs is 3. The summed E-state index contributed by atoms with van der Waals surface area (Å²) in [6, 6.07) is 1.71. The lowest BCUT2D eigenvalue weighted by Gasteiger charge is -2.06. The number of nitrogens with zero attached hydrogens (tertiary/aromatic N) is 7. The minimum absolute atomic E-state index is 0.242. The molecular formula is C15H16N8O. The van der Waals surface area contributed by atoms with Crippen LogP contribution in [0.3, 0.4) is 0 Å². The van der Waals surface area contributed by atoms with Gasteiger partial charge >= 0.3 is 5.69 Å². The average molecular weight is 324 g/mol. The highest BCUT2D eigenvalue weighted by Crippen LogP contribution is 2.17. The average Bonchev–Trinajstić information content (AvgIpc) is 3.25. The topological polar surface area (TPSA) is 107 Å². The van der Waals surface area contributed by atoms with E-state index in [0.717, 1.165) is 19.3 Å². The lowest BCUT2D eigenvalue weighted by molar-refractivity contribution is 0.579. The van der Waals surface area contributed by atoms with Crippen molar-refractivity contribution in [1.29, 1.82) is 0 Å². The van der Waals surface area contributed by atoms with Gasteiger partial charge in [0.15, 0.2) is 11.3 Å². The van der Waals surface area contributed by atoms with Gasteiger partial charge in [-0.15, -0.1) is 5.10 Å². The van der Waals surface area contributed by atoms with Crippen LogP contribution in [0.1, 0.15) is 26.2 Å². The highest BCUT2D eigenvalue weighted by molar-refractivity contribution is 5.85. The molecule has 0 bridgehead atoms. The molecule has 1 N–H and O–H groups in total. The molecule has 0 aliphatic rings. The van der Waals surface area contributed by atoms with Crippen molar-refractivity contribution in [2.75, 3.05) is 0 Å². The van der Waals surface area contributed by atoms with Gasteiger partial charge in [-0.1, -0.05) is 19.8 Å². The van der Waals surface area contributed by atoms with Gasteiger partial charge in [0.05, 0.1) is 6.33 Å². The highest BCUT2D eigenvalue weighted by atomic mass is 16.2. The fourth-order valence-electron chi connectivity index (χ4n) is 2.72. The fourth-order valence-corrected chi connectivity index (χ4v) is 2.72. The van der Waals surface area contributed by atoms with Crippen LogP contribution in [0.15, 0.2) is 29.7 Å². The summed E-state index contributed by atoms with van der Waals surface area (Å²) in [4.78, 5) is 32.6. The first kappa shape index (κ1) is 14.5. The van der Waals surface area contributed by atoms with Gasteiger partial charge in [-0.3, -0.25) is 4.57 Å². The second-order valence-electron chi connectivity index (χ2n) is 5.51. The molecule has 0 saturated carbocycles. The van der Waals surface area contributed by atoms with E-state index in [1.807, 2.05) is 0 Å². The number of imidazole rings is 1. The summed E-state index contributed by atoms with van der Waals surface area (Å²) in [7, 11) is 0. The summed E-state index contributed by atoms with van der Waals surface area (Å²) in [6.45, 7) is 2.73. The van der Waals surface area contributed by atoms with Crippen molar-refractivity contribution in [3.05, 3.63) is 35.4 Å². The Kier molecular flexibility index (Phi) is 3.52. The first-order valence-electron chi connectivity index (χ1n) is 7.88. The normalized spacial score (nSPS) is 11.5. The van der Waals surface area contributed by atoms with Crippen LogP contribution in [0.25, 0.3) is 28.3 Å². The van der Waals surface area contributed by atoms with Crippen molar-refractivity contribution < 1.29 is 0 Å². The molecule has 0 spiro atoms. The minimum Gasteiger partial charge on any atom is -0.340 e. The third-order valence-corrected chi connectivity index (χ3v) is 3.91. The lowest BCUT2D eigenvalue weighted by Crippen LogP contribution is -2.28. The molecule has 9 heteroatoms. The number of hydrogen-bond acceptors (Lipinski definition) is 6. The van der Waals surface area contributed by atoms with Gasteiger partial charge in [-0.2, -0.15) is 4.52 Å². The number of nitrogens with one attached hydrogen (secondary N) is 1. The predicted octanol–water partition coefficient (Wildman–Crippen LogP) is 1.41. The molecule has 0 amide bonds. The van der Waals surface area contributed by atoms with Crippen molar-refractivity contribution in [1.82, 2.24) is 39.1 Å². The molecule has 4 rings (SSSR count). The quantitative estimate of drug-likeness (QED) is 0.556. The van der Waals surface area contributed by atoms with Gasteiger partial charge < -0.3 is 4.98 Å². The summed E-state index contributed by atoms with van der Waals surface area (Å²) < 4.78 is 2.96. The van der Waals surface area contributed by atoms with Crippen LogP contribution >= 0.6 is 0 Å². The van der Waals surface area contributed by atoms with Crippen LogP contribution < -0.4 is 5.69 Å². The molecule has 0 atom stereocenters. The van der Waals surface area contributed by atoms with E-state index in [2.05, 4.69) is 36.9 Å². The predicted molar refractivity (Wildman–Crippen MR) is 87.4 cm³/mol. The number of rotatable bonds is 5. The Morgan fingerprint density at radius 3 is 2.92 bits per heavy atom. The van der Waals surface area contributed by atoms with E-state index in [4.69, 9.17) is 0 Å². The molecule has 0 radical (unpaired) electrons. The molecule has 4 aromatic heterocycles. The first-order valence-corrected chi connectivity index (χ1v) is 7.88. The molecule has 122 valence electrons. The zero-order chi connectivity index (χ0) is 16.5. The van der Waals surface area contributed by atoms with Crippen LogP contribution in [0.2, 0.25) is 0 Å². The van der Waals surface area contributed by atoms with E-state index in [1.165, 1.54) is 10.8 Å². The van der Waals surface area contributed by atoms with E-state index in [9.17, 15) is 4.79 Å². The molecule has 0 saturated heterocycles. The first-order chi connectivity index (χ1) is 11.8. The Hall–Kier alpha value is -3.10. The number of H-pyrrole nitrogens is 1. The van der Waals surface area contributed by atoms with Gasteiger partial charge in [0.2, 0.25) is 5.82 Å². The van der Waals surface area contributed by atoms with E-state index in [0.29, 0.717) is 34.9 Å². The van der Waals surface area contributed by atoms with Crippen LogP contribution in [-0.2, 0) is 6.54 Å². The number of aromatic amines is 1. The van der Waals surface area contributed by atoms with Crippen molar-refractivity contribution in [3.63, 3.8) is 0 Å². The Bertz CT molecular complexity index is 1050. The molecule has 0 aliphatic heterocycles. The standard InChI is InChI=1S/C15H16N8O/c1-2-3-4-7-22-13-11(18-9-19-13)14-20-12(21-23(14)15(22)24)10-5-6-16-8-17-10/h5-6,8-9H,2-4,7H2,1H3,(H,18,19). The van der Waals surface area contributed by atoms with Crippen LogP contribution in [0.5, 0.6) is 0 Å².